The van der Waals surface area contributed by atoms with Gasteiger partial charge in [-0.15, -0.1) is 0 Å². The fraction of sp³-hybridized carbons (Fsp3) is 0.312. The molecule has 0 amide bonds. The number of benzene rings is 2. The summed E-state index contributed by atoms with van der Waals surface area (Å²) in [5, 5.41) is 10.1. The number of carboxylic acids is 1. The number of fused-ring (bicyclic) bond motifs is 1. The number of ether oxygens (including phenoxy) is 1. The summed E-state index contributed by atoms with van der Waals surface area (Å²) in [5.41, 5.74) is 0. The zero-order valence-electron chi connectivity index (χ0n) is 12.9. The molecule has 2 aromatic rings. The first-order chi connectivity index (χ1) is 10.9. The highest BCUT2D eigenvalue weighted by Crippen LogP contribution is 2.30. The third-order valence-corrected chi connectivity index (χ3v) is 5.17. The Hall–Kier alpha value is -2.12. The lowest BCUT2D eigenvalue weighted by atomic mass is 10.1. The number of hydrogen-bond donors (Lipinski definition) is 2. The molecule has 0 saturated carbocycles. The topological polar surface area (TPSA) is 92.7 Å². The molecular weight excluding hydrogens is 318 g/mol. The van der Waals surface area contributed by atoms with Gasteiger partial charge in [-0.2, -0.15) is 0 Å². The number of nitrogens with one attached hydrogen (secondary N) is 1. The maximum atomic E-state index is 12.7. The van der Waals surface area contributed by atoms with E-state index in [4.69, 9.17) is 9.84 Å². The number of rotatable bonds is 7. The number of carboxylic acid groups (broad SMARTS) is 1. The summed E-state index contributed by atoms with van der Waals surface area (Å²) in [7, 11) is -2.32. The summed E-state index contributed by atoms with van der Waals surface area (Å²) in [6, 6.07) is 9.43. The first-order valence-electron chi connectivity index (χ1n) is 7.19. The van der Waals surface area contributed by atoms with Gasteiger partial charge in [-0.3, -0.25) is 4.79 Å². The van der Waals surface area contributed by atoms with E-state index in [9.17, 15) is 13.2 Å². The van der Waals surface area contributed by atoms with Gasteiger partial charge in [0.25, 0.3) is 0 Å². The van der Waals surface area contributed by atoms with Gasteiger partial charge < -0.3 is 9.84 Å². The van der Waals surface area contributed by atoms with Crippen molar-refractivity contribution in [1.82, 2.24) is 4.72 Å². The maximum absolute atomic E-state index is 12.7. The molecule has 1 atom stereocenters. The van der Waals surface area contributed by atoms with Crippen LogP contribution in [0.3, 0.4) is 0 Å². The van der Waals surface area contributed by atoms with E-state index in [1.54, 1.807) is 37.3 Å². The van der Waals surface area contributed by atoms with Crippen molar-refractivity contribution in [2.45, 2.75) is 30.7 Å². The zero-order valence-corrected chi connectivity index (χ0v) is 13.8. The molecule has 6 nitrogen and oxygen atoms in total. The van der Waals surface area contributed by atoms with Crippen LogP contribution in [0.25, 0.3) is 10.8 Å². The molecule has 2 rings (SSSR count). The van der Waals surface area contributed by atoms with Gasteiger partial charge in [0.15, 0.2) is 0 Å². The third-order valence-electron chi connectivity index (χ3n) is 3.59. The predicted octanol–water partition coefficient (Wildman–Crippen LogP) is 2.38. The van der Waals surface area contributed by atoms with Crippen molar-refractivity contribution >= 4 is 26.8 Å². The molecule has 124 valence electrons. The molecule has 0 aliphatic carbocycles. The van der Waals surface area contributed by atoms with Crippen molar-refractivity contribution in [3.8, 4) is 5.75 Å². The Morgan fingerprint density at radius 2 is 1.87 bits per heavy atom. The fourth-order valence-corrected chi connectivity index (χ4v) is 3.95. The van der Waals surface area contributed by atoms with E-state index >= 15 is 0 Å². The lowest BCUT2D eigenvalue weighted by Gasteiger charge is -2.17. The van der Waals surface area contributed by atoms with Crippen LogP contribution in [0.2, 0.25) is 0 Å². The SMILES string of the molecule is CC[C@@H](CC(=O)O)NS(=O)(=O)c1ccc(OC)c2ccccc12. The van der Waals surface area contributed by atoms with Crippen molar-refractivity contribution in [3.05, 3.63) is 36.4 Å². The number of hydrogen-bond acceptors (Lipinski definition) is 4. The van der Waals surface area contributed by atoms with E-state index in [-0.39, 0.29) is 11.3 Å². The summed E-state index contributed by atoms with van der Waals surface area (Å²) in [5.74, 6) is -0.462. The molecule has 0 aliphatic rings. The molecule has 0 unspecified atom stereocenters. The van der Waals surface area contributed by atoms with Gasteiger partial charge in [0.2, 0.25) is 10.0 Å². The average molecular weight is 337 g/mol. The van der Waals surface area contributed by atoms with Crippen LogP contribution in [-0.2, 0) is 14.8 Å². The molecule has 0 heterocycles. The van der Waals surface area contributed by atoms with Gasteiger partial charge in [-0.05, 0) is 18.6 Å². The van der Waals surface area contributed by atoms with E-state index in [2.05, 4.69) is 4.72 Å². The van der Waals surface area contributed by atoms with Crippen LogP contribution < -0.4 is 9.46 Å². The van der Waals surface area contributed by atoms with Gasteiger partial charge in [0.05, 0.1) is 18.4 Å². The highest BCUT2D eigenvalue weighted by molar-refractivity contribution is 7.89. The molecule has 0 fully saturated rings. The minimum Gasteiger partial charge on any atom is -0.496 e. The largest absolute Gasteiger partial charge is 0.496 e. The second-order valence-electron chi connectivity index (χ2n) is 5.14. The number of aliphatic carboxylic acids is 1. The lowest BCUT2D eigenvalue weighted by molar-refractivity contribution is -0.137. The van der Waals surface area contributed by atoms with E-state index in [0.717, 1.165) is 0 Å². The summed E-state index contributed by atoms with van der Waals surface area (Å²) in [6.45, 7) is 1.74. The van der Waals surface area contributed by atoms with Crippen molar-refractivity contribution in [1.29, 1.82) is 0 Å². The average Bonchev–Trinajstić information content (AvgIpc) is 2.52. The highest BCUT2D eigenvalue weighted by atomic mass is 32.2. The molecule has 0 saturated heterocycles. The molecule has 0 radical (unpaired) electrons. The van der Waals surface area contributed by atoms with Gasteiger partial charge in [-0.1, -0.05) is 31.2 Å². The van der Waals surface area contributed by atoms with Crippen LogP contribution in [0.4, 0.5) is 0 Å². The molecule has 2 aromatic carbocycles. The minimum absolute atomic E-state index is 0.109. The summed E-state index contributed by atoms with van der Waals surface area (Å²) in [4.78, 5) is 10.9. The van der Waals surface area contributed by atoms with Crippen LogP contribution >= 0.6 is 0 Å². The van der Waals surface area contributed by atoms with Crippen LogP contribution in [0, 0.1) is 0 Å². The molecule has 23 heavy (non-hydrogen) atoms. The molecule has 0 aliphatic heterocycles. The van der Waals surface area contributed by atoms with Crippen molar-refractivity contribution in [2.75, 3.05) is 7.11 Å². The van der Waals surface area contributed by atoms with Gasteiger partial charge in [-0.25, -0.2) is 13.1 Å². The maximum Gasteiger partial charge on any atom is 0.304 e. The normalized spacial score (nSPS) is 13.0. The predicted molar refractivity (Wildman–Crippen MR) is 87.2 cm³/mol. The number of sulfonamides is 1. The Kier molecular flexibility index (Phi) is 5.23. The van der Waals surface area contributed by atoms with Crippen LogP contribution in [0.15, 0.2) is 41.3 Å². The van der Waals surface area contributed by atoms with Crippen LogP contribution in [-0.4, -0.2) is 32.6 Å². The number of methoxy groups -OCH3 is 1. The van der Waals surface area contributed by atoms with E-state index < -0.39 is 22.0 Å². The first kappa shape index (κ1) is 17.2. The zero-order chi connectivity index (χ0) is 17.0. The van der Waals surface area contributed by atoms with Crippen molar-refractivity contribution < 1.29 is 23.1 Å². The summed E-state index contributed by atoms with van der Waals surface area (Å²) in [6.07, 6.45) is 0.128. The first-order valence-corrected chi connectivity index (χ1v) is 8.67. The summed E-state index contributed by atoms with van der Waals surface area (Å²) < 4.78 is 33.0. The summed E-state index contributed by atoms with van der Waals surface area (Å²) >= 11 is 0. The fourth-order valence-electron chi connectivity index (χ4n) is 2.42. The molecule has 7 heteroatoms. The van der Waals surface area contributed by atoms with Crippen molar-refractivity contribution in [3.63, 3.8) is 0 Å². The van der Waals surface area contributed by atoms with Gasteiger partial charge in [0, 0.05) is 16.8 Å². The van der Waals surface area contributed by atoms with E-state index in [0.29, 0.717) is 22.9 Å². The van der Waals surface area contributed by atoms with Gasteiger partial charge in [0.1, 0.15) is 5.75 Å². The Morgan fingerprint density at radius 3 is 2.43 bits per heavy atom. The highest BCUT2D eigenvalue weighted by Gasteiger charge is 2.23. The minimum atomic E-state index is -3.84. The molecule has 2 N–H and O–H groups in total. The molecule has 0 aromatic heterocycles. The Labute approximate surface area is 135 Å². The van der Waals surface area contributed by atoms with Crippen LogP contribution in [0.1, 0.15) is 19.8 Å². The van der Waals surface area contributed by atoms with Crippen LogP contribution in [0.5, 0.6) is 5.75 Å². The standard InChI is InChI=1S/C16H19NO5S/c1-3-11(10-16(18)19)17-23(20,21)15-9-8-14(22-2)12-6-4-5-7-13(12)15/h4-9,11,17H,3,10H2,1-2H3,(H,18,19)/t11-/m0/s1. The molecular formula is C16H19NO5S. The Bertz CT molecular complexity index is 816. The van der Waals surface area contributed by atoms with E-state index in [1.165, 1.54) is 13.2 Å². The molecule has 0 bridgehead atoms. The Morgan fingerprint density at radius 1 is 1.22 bits per heavy atom. The number of carbonyl (C=O) groups is 1. The van der Waals surface area contributed by atoms with Crippen molar-refractivity contribution in [2.24, 2.45) is 0 Å². The van der Waals surface area contributed by atoms with Gasteiger partial charge >= 0.3 is 5.97 Å². The smallest absolute Gasteiger partial charge is 0.304 e. The molecule has 0 spiro atoms. The van der Waals surface area contributed by atoms with E-state index in [1.807, 2.05) is 0 Å². The second-order valence-corrected chi connectivity index (χ2v) is 6.82. The Balaban J connectivity index is 2.48. The lowest BCUT2D eigenvalue weighted by Crippen LogP contribution is -2.36. The second kappa shape index (κ2) is 6.97. The quantitative estimate of drug-likeness (QED) is 0.809. The third kappa shape index (κ3) is 3.80. The monoisotopic (exact) mass is 337 g/mol.